The number of carbonyl (C=O) groups is 1. The number of benzene rings is 4. The zero-order valence-corrected chi connectivity index (χ0v) is 37.4. The lowest BCUT2D eigenvalue weighted by Gasteiger charge is -2.36. The molecule has 3 atom stereocenters. The first-order valence-corrected chi connectivity index (χ1v) is 25.6. The lowest BCUT2D eigenvalue weighted by molar-refractivity contribution is -0.0435. The molecule has 2 saturated heterocycles. The van der Waals surface area contributed by atoms with E-state index in [2.05, 4.69) is 45.5 Å². The van der Waals surface area contributed by atoms with Crippen LogP contribution in [0, 0.1) is 0 Å². The van der Waals surface area contributed by atoms with Gasteiger partial charge in [0.15, 0.2) is 0 Å². The number of likely N-dealkylation sites (tertiary alicyclic amines) is 1. The summed E-state index contributed by atoms with van der Waals surface area (Å²) in [4.78, 5) is 17.1. The summed E-state index contributed by atoms with van der Waals surface area (Å²) in [5, 5.41) is 3.00. The highest BCUT2D eigenvalue weighted by Crippen LogP contribution is 2.47. The fraction of sp³-hybridized carbons (Fsp3) is 0.426. The quantitative estimate of drug-likeness (QED) is 0.105. The lowest BCUT2D eigenvalue weighted by atomic mass is 9.88. The van der Waals surface area contributed by atoms with Crippen LogP contribution in [0.25, 0.3) is 5.57 Å². The molecule has 2 heterocycles. The van der Waals surface area contributed by atoms with E-state index in [4.69, 9.17) is 4.74 Å². The Morgan fingerprint density at radius 1 is 0.841 bits per heavy atom. The maximum absolute atomic E-state index is 14.2. The molecule has 2 aliphatic heterocycles. The van der Waals surface area contributed by atoms with Gasteiger partial charge in [-0.3, -0.25) is 14.6 Å². The van der Waals surface area contributed by atoms with Gasteiger partial charge in [-0.25, -0.2) is 21.6 Å². The van der Waals surface area contributed by atoms with Crippen molar-refractivity contribution in [1.82, 2.24) is 14.5 Å². The van der Waals surface area contributed by atoms with Gasteiger partial charge >= 0.3 is 5.51 Å². The number of alkyl halides is 3. The molecule has 336 valence electrons. The van der Waals surface area contributed by atoms with Gasteiger partial charge in [0.1, 0.15) is 4.90 Å². The van der Waals surface area contributed by atoms with Gasteiger partial charge in [-0.15, -0.1) is 11.8 Å². The molecule has 8 rings (SSSR count). The van der Waals surface area contributed by atoms with Crippen LogP contribution in [0.15, 0.2) is 118 Å². The Hall–Kier alpha value is -4.19. The predicted octanol–water partition coefficient (Wildman–Crippen LogP) is 9.04. The van der Waals surface area contributed by atoms with Crippen molar-refractivity contribution in [3.63, 3.8) is 0 Å². The normalized spacial score (nSPS) is 20.8. The van der Waals surface area contributed by atoms with E-state index in [9.17, 15) is 34.8 Å². The number of carbonyl (C=O) groups excluding carboxylic acids is 1. The van der Waals surface area contributed by atoms with Gasteiger partial charge in [-0.2, -0.15) is 13.2 Å². The molecule has 0 radical (unpaired) electrons. The van der Waals surface area contributed by atoms with E-state index >= 15 is 0 Å². The molecular weight excluding hydrogens is 870 g/mol. The Kier molecular flexibility index (Phi) is 14.0. The molecule has 2 N–H and O–H groups in total. The van der Waals surface area contributed by atoms with Gasteiger partial charge < -0.3 is 10.1 Å². The van der Waals surface area contributed by atoms with E-state index < -0.39 is 52.8 Å². The van der Waals surface area contributed by atoms with E-state index in [-0.39, 0.29) is 5.56 Å². The number of ether oxygens (including phenoxy) is 1. The Labute approximate surface area is 372 Å². The number of nitrogens with zero attached hydrogens (tertiary/aromatic N) is 2. The Bertz CT molecular complexity index is 2500. The van der Waals surface area contributed by atoms with Gasteiger partial charge in [-0.05, 0) is 129 Å². The number of hydrogen-bond donors (Lipinski definition) is 2. The van der Waals surface area contributed by atoms with Crippen molar-refractivity contribution in [2.45, 2.75) is 95.6 Å². The van der Waals surface area contributed by atoms with Crippen molar-refractivity contribution in [3.8, 4) is 0 Å². The zero-order chi connectivity index (χ0) is 44.2. The number of anilines is 1. The largest absolute Gasteiger partial charge is 0.501 e. The van der Waals surface area contributed by atoms with E-state index in [0.717, 1.165) is 60.4 Å². The fourth-order valence-electron chi connectivity index (χ4n) is 9.03. The molecule has 1 amide bonds. The molecule has 3 unspecified atom stereocenters. The summed E-state index contributed by atoms with van der Waals surface area (Å²) in [6.45, 7) is 4.13. The predicted molar refractivity (Wildman–Crippen MR) is 240 cm³/mol. The molecule has 4 aromatic carbocycles. The second kappa shape index (κ2) is 19.5. The number of allylic oxidation sites excluding steroid dienone is 1. The molecule has 3 fully saturated rings. The number of thioether (sulfide) groups is 1. The SMILES string of the molecule is O=C(NS(=O)(=O)c1ccc(NC(CCN2CCOCC2)CSc2ccccc2)c(S(=O)(=O)C(F)(F)F)c1)c1ccc(C2=CCC(N3CCCC3c3ccccc3C3CC3)CC2)cc1. The molecule has 4 aliphatic rings. The van der Waals surface area contributed by atoms with Gasteiger partial charge in [0.25, 0.3) is 25.8 Å². The van der Waals surface area contributed by atoms with Crippen molar-refractivity contribution in [2.75, 3.05) is 50.5 Å². The van der Waals surface area contributed by atoms with Crippen LogP contribution in [-0.2, 0) is 24.6 Å². The first-order valence-electron chi connectivity index (χ1n) is 21.7. The molecule has 0 bridgehead atoms. The number of nitrogens with one attached hydrogen (secondary N) is 2. The van der Waals surface area contributed by atoms with Crippen LogP contribution in [0.3, 0.4) is 0 Å². The number of sulfone groups is 1. The molecule has 63 heavy (non-hydrogen) atoms. The summed E-state index contributed by atoms with van der Waals surface area (Å²) in [6, 6.07) is 27.7. The smallest absolute Gasteiger partial charge is 0.380 e. The summed E-state index contributed by atoms with van der Waals surface area (Å²) >= 11 is 1.46. The van der Waals surface area contributed by atoms with Crippen molar-refractivity contribution in [1.29, 1.82) is 0 Å². The van der Waals surface area contributed by atoms with Gasteiger partial charge in [0, 0.05) is 54.0 Å². The van der Waals surface area contributed by atoms with E-state index in [0.29, 0.717) is 69.1 Å². The van der Waals surface area contributed by atoms with E-state index in [1.807, 2.05) is 35.1 Å². The average Bonchev–Trinajstić information content (AvgIpc) is 4.03. The Balaban J connectivity index is 0.949. The van der Waals surface area contributed by atoms with Crippen LogP contribution < -0.4 is 10.0 Å². The number of amides is 1. The highest BCUT2D eigenvalue weighted by Gasteiger charge is 2.48. The third kappa shape index (κ3) is 10.9. The van der Waals surface area contributed by atoms with Crippen molar-refractivity contribution in [2.24, 2.45) is 0 Å². The molecule has 10 nitrogen and oxygen atoms in total. The van der Waals surface area contributed by atoms with Gasteiger partial charge in [0.05, 0.1) is 23.8 Å². The average molecular weight is 923 g/mol. The molecule has 0 spiro atoms. The summed E-state index contributed by atoms with van der Waals surface area (Å²) in [5.74, 6) is 0.0658. The molecule has 2 aliphatic carbocycles. The van der Waals surface area contributed by atoms with Crippen LogP contribution in [0.5, 0.6) is 0 Å². The van der Waals surface area contributed by atoms with E-state index in [1.54, 1.807) is 12.1 Å². The monoisotopic (exact) mass is 922 g/mol. The number of hydrogen-bond acceptors (Lipinski definition) is 10. The number of sulfonamides is 1. The maximum atomic E-state index is 14.2. The fourth-order valence-corrected chi connectivity index (χ4v) is 12.0. The topological polar surface area (TPSA) is 125 Å². The van der Waals surface area contributed by atoms with Crippen molar-refractivity contribution in [3.05, 3.63) is 125 Å². The van der Waals surface area contributed by atoms with Crippen LogP contribution in [0.4, 0.5) is 18.9 Å². The second-order valence-corrected chi connectivity index (χ2v) is 21.5. The Morgan fingerprint density at radius 2 is 1.56 bits per heavy atom. The first-order chi connectivity index (χ1) is 30.3. The first kappa shape index (κ1) is 45.4. The van der Waals surface area contributed by atoms with Crippen LogP contribution in [0.2, 0.25) is 0 Å². The van der Waals surface area contributed by atoms with Gasteiger partial charge in [0.2, 0.25) is 0 Å². The van der Waals surface area contributed by atoms with Crippen molar-refractivity contribution >= 4 is 48.8 Å². The number of halogens is 3. The summed E-state index contributed by atoms with van der Waals surface area (Å²) in [5.41, 5.74) is -1.04. The third-order valence-corrected chi connectivity index (χ3v) is 16.6. The van der Waals surface area contributed by atoms with Crippen LogP contribution in [-0.4, -0.2) is 95.3 Å². The number of morpholine rings is 1. The standard InChI is InChI=1S/C47H53F3N4O6S3/c48-47(49,50)62(56,57)45-31-40(22-23-43(45)51-37(24-26-53-27-29-60-30-28-53)32-61-39-7-2-1-3-8-39)63(58,59)52-46(55)36-16-12-33(13-17-36)34-18-20-38(21-19-34)54-25-6-11-44(54)42-10-5-4-9-41(42)35-14-15-35/h1-5,7-10,12-13,16-18,22-23,31,35,37-38,44,51H,6,11,14-15,19-21,24-30,32H2,(H,52,55). The minimum Gasteiger partial charge on any atom is -0.380 e. The molecule has 4 aromatic rings. The minimum atomic E-state index is -6.04. The highest BCUT2D eigenvalue weighted by molar-refractivity contribution is 7.99. The minimum absolute atomic E-state index is 0.0197. The van der Waals surface area contributed by atoms with Gasteiger partial charge in [-0.1, -0.05) is 60.7 Å². The number of rotatable bonds is 16. The maximum Gasteiger partial charge on any atom is 0.501 e. The van der Waals surface area contributed by atoms with Crippen LogP contribution >= 0.6 is 11.8 Å². The summed E-state index contributed by atoms with van der Waals surface area (Å²) in [7, 11) is -10.9. The second-order valence-electron chi connectivity index (χ2n) is 16.8. The molecule has 0 aromatic heterocycles. The summed E-state index contributed by atoms with van der Waals surface area (Å²) < 4.78 is 103. The Morgan fingerprint density at radius 3 is 2.24 bits per heavy atom. The molecule has 1 saturated carbocycles. The third-order valence-electron chi connectivity index (χ3n) is 12.6. The molecular formula is C47H53F3N4O6S3. The van der Waals surface area contributed by atoms with E-state index in [1.165, 1.54) is 54.3 Å². The molecule has 16 heteroatoms. The zero-order valence-electron chi connectivity index (χ0n) is 34.9. The highest BCUT2D eigenvalue weighted by atomic mass is 32.2. The van der Waals surface area contributed by atoms with Crippen LogP contribution in [0.1, 0.15) is 90.4 Å². The van der Waals surface area contributed by atoms with Crippen molar-refractivity contribution < 1.29 is 39.5 Å². The lowest BCUT2D eigenvalue weighted by Crippen LogP contribution is -2.39. The summed E-state index contributed by atoms with van der Waals surface area (Å²) in [6.07, 6.45) is 10.3.